The Morgan fingerprint density at radius 2 is 1.81 bits per heavy atom. The quantitative estimate of drug-likeness (QED) is 0.694. The second kappa shape index (κ2) is 5.44. The number of nitrogen functional groups attached to an aromatic ring is 1. The Balaban J connectivity index is 1.89. The Labute approximate surface area is 123 Å². The fourth-order valence-electron chi connectivity index (χ4n) is 2.49. The summed E-state index contributed by atoms with van der Waals surface area (Å²) in [7, 11) is 0. The van der Waals surface area contributed by atoms with Crippen LogP contribution < -0.4 is 11.1 Å². The molecule has 0 fully saturated rings. The lowest BCUT2D eigenvalue weighted by molar-refractivity contribution is 0.619. The van der Waals surface area contributed by atoms with Gasteiger partial charge in [-0.2, -0.15) is 0 Å². The standard InChI is InChI=1S/C18H17FN2/c1-12-9-18(17(20)10-16(12)19)21-11-14-7-4-6-13-5-2-3-8-15(13)14/h2-10,21H,11,20H2,1H3. The molecule has 0 radical (unpaired) electrons. The topological polar surface area (TPSA) is 38.0 Å². The molecule has 3 heteroatoms. The first kappa shape index (κ1) is 13.4. The lowest BCUT2D eigenvalue weighted by Crippen LogP contribution is -2.04. The Bertz CT molecular complexity index is 791. The second-order valence-corrected chi connectivity index (χ2v) is 5.18. The van der Waals surface area contributed by atoms with Crippen molar-refractivity contribution in [1.29, 1.82) is 0 Å². The van der Waals surface area contributed by atoms with Gasteiger partial charge in [-0.1, -0.05) is 42.5 Å². The first-order valence-electron chi connectivity index (χ1n) is 6.91. The van der Waals surface area contributed by atoms with Crippen LogP contribution in [-0.4, -0.2) is 0 Å². The molecule has 106 valence electrons. The first-order valence-corrected chi connectivity index (χ1v) is 6.91. The highest BCUT2D eigenvalue weighted by Gasteiger charge is 2.06. The normalized spacial score (nSPS) is 10.8. The number of nitrogens with two attached hydrogens (primary N) is 1. The number of benzene rings is 3. The molecule has 0 saturated carbocycles. The van der Waals surface area contributed by atoms with Crippen molar-refractivity contribution < 1.29 is 4.39 Å². The third-order valence-corrected chi connectivity index (χ3v) is 3.68. The van der Waals surface area contributed by atoms with Gasteiger partial charge in [0.25, 0.3) is 0 Å². The summed E-state index contributed by atoms with van der Waals surface area (Å²) in [5, 5.41) is 5.72. The number of rotatable bonds is 3. The van der Waals surface area contributed by atoms with Gasteiger partial charge in [-0.25, -0.2) is 4.39 Å². The molecule has 3 aromatic rings. The Kier molecular flexibility index (Phi) is 3.48. The van der Waals surface area contributed by atoms with E-state index in [9.17, 15) is 4.39 Å². The monoisotopic (exact) mass is 280 g/mol. The van der Waals surface area contributed by atoms with Crippen molar-refractivity contribution in [3.63, 3.8) is 0 Å². The minimum atomic E-state index is -0.275. The van der Waals surface area contributed by atoms with E-state index in [-0.39, 0.29) is 5.82 Å². The maximum Gasteiger partial charge on any atom is 0.128 e. The molecule has 0 aliphatic rings. The number of hydrogen-bond donors (Lipinski definition) is 2. The van der Waals surface area contributed by atoms with Crippen LogP contribution in [0.1, 0.15) is 11.1 Å². The largest absolute Gasteiger partial charge is 0.397 e. The van der Waals surface area contributed by atoms with E-state index in [1.165, 1.54) is 22.4 Å². The predicted octanol–water partition coefficient (Wildman–Crippen LogP) is 4.48. The third-order valence-electron chi connectivity index (χ3n) is 3.68. The first-order chi connectivity index (χ1) is 10.1. The van der Waals surface area contributed by atoms with E-state index in [2.05, 4.69) is 29.6 Å². The van der Waals surface area contributed by atoms with Gasteiger partial charge in [0.1, 0.15) is 5.82 Å². The zero-order chi connectivity index (χ0) is 14.8. The van der Waals surface area contributed by atoms with E-state index in [1.807, 2.05) is 18.2 Å². The number of halogens is 1. The lowest BCUT2D eigenvalue weighted by Gasteiger charge is -2.12. The zero-order valence-electron chi connectivity index (χ0n) is 11.9. The summed E-state index contributed by atoms with van der Waals surface area (Å²) < 4.78 is 13.4. The van der Waals surface area contributed by atoms with Crippen molar-refractivity contribution in [2.75, 3.05) is 11.1 Å². The van der Waals surface area contributed by atoms with Crippen LogP contribution in [0.15, 0.2) is 54.6 Å². The highest BCUT2D eigenvalue weighted by atomic mass is 19.1. The summed E-state index contributed by atoms with van der Waals surface area (Å²) in [6.07, 6.45) is 0. The molecule has 2 nitrogen and oxygen atoms in total. The maximum atomic E-state index is 13.4. The van der Waals surface area contributed by atoms with Gasteiger partial charge in [0.2, 0.25) is 0 Å². The van der Waals surface area contributed by atoms with Gasteiger partial charge in [0, 0.05) is 6.54 Å². The van der Waals surface area contributed by atoms with Crippen LogP contribution in [0.4, 0.5) is 15.8 Å². The molecule has 0 spiro atoms. The summed E-state index contributed by atoms with van der Waals surface area (Å²) in [5.74, 6) is -0.275. The predicted molar refractivity (Wildman–Crippen MR) is 86.8 cm³/mol. The summed E-state index contributed by atoms with van der Waals surface area (Å²) in [4.78, 5) is 0. The summed E-state index contributed by atoms with van der Waals surface area (Å²) in [6, 6.07) is 17.6. The highest BCUT2D eigenvalue weighted by Crippen LogP contribution is 2.24. The second-order valence-electron chi connectivity index (χ2n) is 5.18. The molecule has 0 bridgehead atoms. The van der Waals surface area contributed by atoms with E-state index in [0.717, 1.165) is 5.69 Å². The number of fused-ring (bicyclic) bond motifs is 1. The zero-order valence-corrected chi connectivity index (χ0v) is 11.9. The van der Waals surface area contributed by atoms with Gasteiger partial charge in [-0.3, -0.25) is 0 Å². The van der Waals surface area contributed by atoms with Crippen LogP contribution in [0.25, 0.3) is 10.8 Å². The van der Waals surface area contributed by atoms with E-state index in [4.69, 9.17) is 5.73 Å². The number of aryl methyl sites for hydroxylation is 1. The molecular formula is C18H17FN2. The van der Waals surface area contributed by atoms with Crippen LogP contribution in [0.5, 0.6) is 0 Å². The average Bonchev–Trinajstić information content (AvgIpc) is 2.49. The minimum absolute atomic E-state index is 0.275. The molecule has 0 aliphatic carbocycles. The molecule has 21 heavy (non-hydrogen) atoms. The Hall–Kier alpha value is -2.55. The summed E-state index contributed by atoms with van der Waals surface area (Å²) >= 11 is 0. The number of hydrogen-bond acceptors (Lipinski definition) is 2. The highest BCUT2D eigenvalue weighted by molar-refractivity contribution is 5.86. The van der Waals surface area contributed by atoms with Gasteiger partial charge in [-0.05, 0) is 41.0 Å². The SMILES string of the molecule is Cc1cc(NCc2cccc3ccccc23)c(N)cc1F. The van der Waals surface area contributed by atoms with Gasteiger partial charge in [0.05, 0.1) is 11.4 Å². The van der Waals surface area contributed by atoms with Crippen LogP contribution in [0.3, 0.4) is 0 Å². The van der Waals surface area contributed by atoms with E-state index in [0.29, 0.717) is 17.8 Å². The molecule has 0 atom stereocenters. The van der Waals surface area contributed by atoms with Crippen molar-refractivity contribution >= 4 is 22.1 Å². The summed E-state index contributed by atoms with van der Waals surface area (Å²) in [6.45, 7) is 2.38. The molecule has 3 aromatic carbocycles. The lowest BCUT2D eigenvalue weighted by atomic mass is 10.0. The van der Waals surface area contributed by atoms with Gasteiger partial charge in [-0.15, -0.1) is 0 Å². The fraction of sp³-hybridized carbons (Fsp3) is 0.111. The van der Waals surface area contributed by atoms with Crippen LogP contribution in [0, 0.1) is 12.7 Å². The third kappa shape index (κ3) is 2.68. The molecule has 0 aliphatic heterocycles. The van der Waals surface area contributed by atoms with Crippen molar-refractivity contribution in [2.45, 2.75) is 13.5 Å². The van der Waals surface area contributed by atoms with Crippen molar-refractivity contribution in [3.8, 4) is 0 Å². The van der Waals surface area contributed by atoms with Crippen molar-refractivity contribution in [3.05, 3.63) is 71.5 Å². The fourth-order valence-corrected chi connectivity index (χ4v) is 2.49. The summed E-state index contributed by atoms with van der Waals surface area (Å²) in [5.41, 5.74) is 8.84. The molecule has 0 heterocycles. The Morgan fingerprint density at radius 3 is 2.67 bits per heavy atom. The molecule has 0 saturated heterocycles. The molecular weight excluding hydrogens is 263 g/mol. The molecule has 0 amide bonds. The van der Waals surface area contributed by atoms with Crippen LogP contribution in [-0.2, 0) is 6.54 Å². The van der Waals surface area contributed by atoms with Gasteiger partial charge < -0.3 is 11.1 Å². The number of nitrogens with one attached hydrogen (secondary N) is 1. The smallest absolute Gasteiger partial charge is 0.128 e. The maximum absolute atomic E-state index is 13.4. The van der Waals surface area contributed by atoms with E-state index >= 15 is 0 Å². The molecule has 3 N–H and O–H groups in total. The van der Waals surface area contributed by atoms with E-state index in [1.54, 1.807) is 13.0 Å². The van der Waals surface area contributed by atoms with Crippen molar-refractivity contribution in [1.82, 2.24) is 0 Å². The van der Waals surface area contributed by atoms with Gasteiger partial charge >= 0.3 is 0 Å². The Morgan fingerprint density at radius 1 is 1.05 bits per heavy atom. The van der Waals surface area contributed by atoms with Crippen LogP contribution in [0.2, 0.25) is 0 Å². The molecule has 0 aromatic heterocycles. The number of anilines is 2. The van der Waals surface area contributed by atoms with Crippen LogP contribution >= 0.6 is 0 Å². The van der Waals surface area contributed by atoms with E-state index < -0.39 is 0 Å². The van der Waals surface area contributed by atoms with Crippen molar-refractivity contribution in [2.24, 2.45) is 0 Å². The average molecular weight is 280 g/mol. The molecule has 0 unspecified atom stereocenters. The van der Waals surface area contributed by atoms with Gasteiger partial charge in [0.15, 0.2) is 0 Å². The minimum Gasteiger partial charge on any atom is -0.397 e. The molecule has 3 rings (SSSR count).